The van der Waals surface area contributed by atoms with Crippen LogP contribution in [0.1, 0.15) is 70.2 Å². The minimum Gasteiger partial charge on any atom is -0.345 e. The van der Waals surface area contributed by atoms with Crippen molar-refractivity contribution in [3.05, 3.63) is 52.8 Å². The Labute approximate surface area is 171 Å². The van der Waals surface area contributed by atoms with Crippen LogP contribution in [0.25, 0.3) is 0 Å². The highest BCUT2D eigenvalue weighted by Gasteiger charge is 2.23. The number of rotatable bonds is 4. The lowest BCUT2D eigenvalue weighted by Crippen LogP contribution is -2.41. The first kappa shape index (κ1) is 21.1. The molecular weight excluding hydrogens is 390 g/mol. The van der Waals surface area contributed by atoms with Crippen molar-refractivity contribution < 1.29 is 18.0 Å². The number of aromatic nitrogens is 1. The van der Waals surface area contributed by atoms with E-state index in [1.165, 1.54) is 43.5 Å². The summed E-state index contributed by atoms with van der Waals surface area (Å²) in [6, 6.07) is 7.95. The Morgan fingerprint density at radius 1 is 1.00 bits per heavy atom. The molecule has 156 valence electrons. The molecule has 0 spiro atoms. The molecule has 2 amide bonds. The second-order valence-electron chi connectivity index (χ2n) is 7.65. The van der Waals surface area contributed by atoms with Gasteiger partial charge in [0, 0.05) is 29.2 Å². The highest BCUT2D eigenvalue weighted by Crippen LogP contribution is 2.32. The number of hydrazine groups is 1. The second kappa shape index (κ2) is 8.41. The standard InChI is InChI=1S/C21H27N3O4S/c1-14-12-19(15(2)24(14)17-9-5-4-6-10-17)21(26)23-22-20(25)16-8-7-11-18(13-16)29(3,27)28/h7-8,11-13,17H,4-6,9-10H2,1-3H3,(H,22,25)(H,23,26). The van der Waals surface area contributed by atoms with Crippen LogP contribution < -0.4 is 10.9 Å². The van der Waals surface area contributed by atoms with Crippen LogP contribution in [0.2, 0.25) is 0 Å². The van der Waals surface area contributed by atoms with Gasteiger partial charge in [0.1, 0.15) is 0 Å². The van der Waals surface area contributed by atoms with Crippen molar-refractivity contribution in [1.82, 2.24) is 15.4 Å². The smallest absolute Gasteiger partial charge is 0.271 e. The van der Waals surface area contributed by atoms with Crippen LogP contribution in [0.15, 0.2) is 35.2 Å². The zero-order valence-corrected chi connectivity index (χ0v) is 17.8. The second-order valence-corrected chi connectivity index (χ2v) is 9.67. The van der Waals surface area contributed by atoms with Crippen molar-refractivity contribution in [3.63, 3.8) is 0 Å². The minimum atomic E-state index is -3.42. The van der Waals surface area contributed by atoms with Gasteiger partial charge >= 0.3 is 0 Å². The van der Waals surface area contributed by atoms with Gasteiger partial charge in [0.15, 0.2) is 9.84 Å². The monoisotopic (exact) mass is 417 g/mol. The minimum absolute atomic E-state index is 0.0486. The summed E-state index contributed by atoms with van der Waals surface area (Å²) in [6.07, 6.45) is 6.97. The molecule has 0 unspecified atom stereocenters. The maximum absolute atomic E-state index is 12.6. The molecule has 29 heavy (non-hydrogen) atoms. The lowest BCUT2D eigenvalue weighted by atomic mass is 9.95. The molecule has 1 fully saturated rings. The molecule has 1 heterocycles. The van der Waals surface area contributed by atoms with E-state index >= 15 is 0 Å². The molecular formula is C21H27N3O4S. The van der Waals surface area contributed by atoms with Gasteiger partial charge in [-0.15, -0.1) is 0 Å². The highest BCUT2D eigenvalue weighted by atomic mass is 32.2. The average Bonchev–Trinajstić information content (AvgIpc) is 3.00. The third-order valence-corrected chi connectivity index (χ3v) is 6.59. The van der Waals surface area contributed by atoms with Gasteiger partial charge in [-0.1, -0.05) is 25.3 Å². The fraction of sp³-hybridized carbons (Fsp3) is 0.429. The van der Waals surface area contributed by atoms with E-state index in [9.17, 15) is 18.0 Å². The number of hydrogen-bond acceptors (Lipinski definition) is 4. The molecule has 2 aromatic rings. The van der Waals surface area contributed by atoms with Gasteiger partial charge in [-0.2, -0.15) is 0 Å². The van der Waals surface area contributed by atoms with E-state index in [1.807, 2.05) is 19.9 Å². The molecule has 0 saturated heterocycles. The third-order valence-electron chi connectivity index (χ3n) is 5.48. The molecule has 3 rings (SSSR count). The number of aryl methyl sites for hydroxylation is 1. The number of nitrogens with one attached hydrogen (secondary N) is 2. The lowest BCUT2D eigenvalue weighted by Gasteiger charge is -2.26. The summed E-state index contributed by atoms with van der Waals surface area (Å²) in [5, 5.41) is 0. The van der Waals surface area contributed by atoms with Crippen LogP contribution in [-0.2, 0) is 9.84 Å². The fourth-order valence-corrected chi connectivity index (χ4v) is 4.70. The molecule has 1 aliphatic carbocycles. The Balaban J connectivity index is 1.70. The molecule has 0 aliphatic heterocycles. The van der Waals surface area contributed by atoms with E-state index in [4.69, 9.17) is 0 Å². The highest BCUT2D eigenvalue weighted by molar-refractivity contribution is 7.90. The normalized spacial score (nSPS) is 15.1. The molecule has 0 radical (unpaired) electrons. The van der Waals surface area contributed by atoms with Crippen LogP contribution in [0.3, 0.4) is 0 Å². The number of benzene rings is 1. The molecule has 1 saturated carbocycles. The maximum Gasteiger partial charge on any atom is 0.271 e. The van der Waals surface area contributed by atoms with Crippen molar-refractivity contribution in [3.8, 4) is 0 Å². The van der Waals surface area contributed by atoms with Gasteiger partial charge in [-0.05, 0) is 51.0 Å². The van der Waals surface area contributed by atoms with E-state index in [1.54, 1.807) is 0 Å². The zero-order valence-electron chi connectivity index (χ0n) is 17.0. The van der Waals surface area contributed by atoms with E-state index in [-0.39, 0.29) is 10.5 Å². The van der Waals surface area contributed by atoms with Crippen molar-refractivity contribution >= 4 is 21.7 Å². The summed E-state index contributed by atoms with van der Waals surface area (Å²) in [6.45, 7) is 3.92. The SMILES string of the molecule is Cc1cc(C(=O)NNC(=O)c2cccc(S(C)(=O)=O)c2)c(C)n1C1CCCCC1. The van der Waals surface area contributed by atoms with Crippen LogP contribution in [0.5, 0.6) is 0 Å². The van der Waals surface area contributed by atoms with Crippen molar-refractivity contribution in [2.75, 3.05) is 6.26 Å². The summed E-state index contributed by atoms with van der Waals surface area (Å²) >= 11 is 0. The van der Waals surface area contributed by atoms with E-state index in [0.717, 1.165) is 30.5 Å². The number of nitrogens with zero attached hydrogens (tertiary/aromatic N) is 1. The first-order valence-corrected chi connectivity index (χ1v) is 11.7. The Kier molecular flexibility index (Phi) is 6.12. The summed E-state index contributed by atoms with van der Waals surface area (Å²) in [5.41, 5.74) is 7.41. The molecule has 8 heteroatoms. The topological polar surface area (TPSA) is 97.3 Å². The van der Waals surface area contributed by atoms with Crippen LogP contribution in [0, 0.1) is 13.8 Å². The van der Waals surface area contributed by atoms with Gasteiger partial charge in [0.2, 0.25) is 0 Å². The van der Waals surface area contributed by atoms with Crippen LogP contribution in [-0.4, -0.2) is 31.1 Å². The predicted molar refractivity (Wildman–Crippen MR) is 111 cm³/mol. The predicted octanol–water partition coefficient (Wildman–Crippen LogP) is 3.09. The Morgan fingerprint density at radius 2 is 1.66 bits per heavy atom. The molecule has 1 aromatic heterocycles. The van der Waals surface area contributed by atoms with Gasteiger partial charge < -0.3 is 4.57 Å². The summed E-state index contributed by atoms with van der Waals surface area (Å²) < 4.78 is 25.5. The first-order chi connectivity index (χ1) is 13.7. The number of amides is 2. The zero-order chi connectivity index (χ0) is 21.2. The van der Waals surface area contributed by atoms with Gasteiger partial charge in [-0.3, -0.25) is 20.4 Å². The molecule has 0 atom stereocenters. The molecule has 7 nitrogen and oxygen atoms in total. The quantitative estimate of drug-likeness (QED) is 0.747. The van der Waals surface area contributed by atoms with E-state index < -0.39 is 21.7 Å². The van der Waals surface area contributed by atoms with E-state index in [2.05, 4.69) is 15.4 Å². The van der Waals surface area contributed by atoms with Crippen LogP contribution in [0.4, 0.5) is 0 Å². The van der Waals surface area contributed by atoms with Crippen molar-refractivity contribution in [1.29, 1.82) is 0 Å². The summed E-state index contributed by atoms with van der Waals surface area (Å²) in [5.74, 6) is -0.974. The van der Waals surface area contributed by atoms with Crippen molar-refractivity contribution in [2.45, 2.75) is 56.9 Å². The Morgan fingerprint density at radius 3 is 2.31 bits per heavy atom. The first-order valence-electron chi connectivity index (χ1n) is 9.77. The number of carbonyl (C=O) groups is 2. The fourth-order valence-electron chi connectivity index (χ4n) is 4.03. The van der Waals surface area contributed by atoms with Gasteiger partial charge in [0.05, 0.1) is 10.5 Å². The lowest BCUT2D eigenvalue weighted by molar-refractivity contribution is 0.0846. The van der Waals surface area contributed by atoms with Crippen LogP contribution >= 0.6 is 0 Å². The molecule has 1 aromatic carbocycles. The largest absolute Gasteiger partial charge is 0.345 e. The third kappa shape index (κ3) is 4.70. The average molecular weight is 418 g/mol. The molecule has 1 aliphatic rings. The maximum atomic E-state index is 12.6. The summed E-state index contributed by atoms with van der Waals surface area (Å²) in [4.78, 5) is 25.0. The number of sulfone groups is 1. The summed E-state index contributed by atoms with van der Waals surface area (Å²) in [7, 11) is -3.42. The van der Waals surface area contributed by atoms with Gasteiger partial charge in [-0.25, -0.2) is 8.42 Å². The number of carbonyl (C=O) groups excluding carboxylic acids is 2. The number of hydrogen-bond donors (Lipinski definition) is 2. The van der Waals surface area contributed by atoms with E-state index in [0.29, 0.717) is 11.6 Å². The Bertz CT molecular complexity index is 1030. The van der Waals surface area contributed by atoms with Crippen molar-refractivity contribution in [2.24, 2.45) is 0 Å². The van der Waals surface area contributed by atoms with Gasteiger partial charge in [0.25, 0.3) is 11.8 Å². The Hall–Kier alpha value is -2.61. The molecule has 2 N–H and O–H groups in total. The molecule has 0 bridgehead atoms.